The van der Waals surface area contributed by atoms with Crippen LogP contribution in [-0.2, 0) is 19.1 Å². The molecule has 0 saturated heterocycles. The third-order valence-electron chi connectivity index (χ3n) is 8.61. The van der Waals surface area contributed by atoms with Crippen molar-refractivity contribution in [1.82, 2.24) is 0 Å². The van der Waals surface area contributed by atoms with E-state index < -0.39 is 0 Å². The fraction of sp³-hybridized carbons (Fsp3) is 0.708. The zero-order valence-corrected chi connectivity index (χ0v) is 17.4. The summed E-state index contributed by atoms with van der Waals surface area (Å²) in [7, 11) is 0. The van der Waals surface area contributed by atoms with Crippen LogP contribution in [0.15, 0.2) is 23.3 Å². The predicted octanol–water partition coefficient (Wildman–Crippen LogP) is 4.58. The van der Waals surface area contributed by atoms with Crippen LogP contribution < -0.4 is 0 Å². The zero-order valence-electron chi connectivity index (χ0n) is 17.4. The van der Waals surface area contributed by atoms with Gasteiger partial charge in [-0.3, -0.25) is 14.4 Å². The van der Waals surface area contributed by atoms with Crippen molar-refractivity contribution in [2.24, 2.45) is 28.6 Å². The van der Waals surface area contributed by atoms with Crippen LogP contribution in [0.25, 0.3) is 0 Å². The Morgan fingerprint density at radius 1 is 1.14 bits per heavy atom. The van der Waals surface area contributed by atoms with Gasteiger partial charge in [-0.1, -0.05) is 18.1 Å². The zero-order chi connectivity index (χ0) is 20.1. The minimum atomic E-state index is -0.246. The molecule has 0 spiro atoms. The summed E-state index contributed by atoms with van der Waals surface area (Å²) in [5.74, 6) is 1.84. The molecule has 0 unspecified atom stereocenters. The number of ketones is 2. The molecule has 0 aromatic heterocycles. The van der Waals surface area contributed by atoms with Crippen LogP contribution >= 0.6 is 0 Å². The molecule has 28 heavy (non-hydrogen) atoms. The van der Waals surface area contributed by atoms with E-state index in [9.17, 15) is 14.4 Å². The van der Waals surface area contributed by atoms with Crippen LogP contribution in [0.3, 0.4) is 0 Å². The van der Waals surface area contributed by atoms with Crippen molar-refractivity contribution < 1.29 is 19.1 Å². The summed E-state index contributed by atoms with van der Waals surface area (Å²) in [5.41, 5.74) is 2.29. The van der Waals surface area contributed by atoms with Crippen LogP contribution in [-0.4, -0.2) is 24.1 Å². The lowest BCUT2D eigenvalue weighted by Crippen LogP contribution is -2.51. The minimum absolute atomic E-state index is 0.0215. The van der Waals surface area contributed by atoms with Gasteiger partial charge in [-0.2, -0.15) is 0 Å². The number of ether oxygens (including phenoxy) is 1. The molecule has 0 aromatic rings. The average Bonchev–Trinajstić information content (AvgIpc) is 2.97. The highest BCUT2D eigenvalue weighted by Crippen LogP contribution is 2.65. The summed E-state index contributed by atoms with van der Waals surface area (Å²) in [6, 6.07) is 0. The molecule has 4 aliphatic rings. The van der Waals surface area contributed by atoms with Crippen LogP contribution in [0.5, 0.6) is 0 Å². The number of esters is 1. The molecular formula is C24H32O4. The van der Waals surface area contributed by atoms with Gasteiger partial charge in [-0.15, -0.1) is 0 Å². The quantitative estimate of drug-likeness (QED) is 0.526. The van der Waals surface area contributed by atoms with E-state index in [-0.39, 0.29) is 22.6 Å². The van der Waals surface area contributed by atoms with Crippen LogP contribution in [0.4, 0.5) is 0 Å². The van der Waals surface area contributed by atoms with Gasteiger partial charge in [-0.25, -0.2) is 0 Å². The maximum absolute atomic E-state index is 13.0. The molecule has 5 atom stereocenters. The SMILES string of the molecule is CC(=O)OCCC[C@]12CC[C@H]3[C@@H](CCC4=CC(=O)C=C(C)[C@@]43C)[C@@H]1CCC2=O. The van der Waals surface area contributed by atoms with Crippen LogP contribution in [0.1, 0.15) is 72.1 Å². The molecule has 4 aliphatic carbocycles. The van der Waals surface area contributed by atoms with Crippen molar-refractivity contribution >= 4 is 17.5 Å². The largest absolute Gasteiger partial charge is 0.466 e. The van der Waals surface area contributed by atoms with Gasteiger partial charge in [0.05, 0.1) is 6.61 Å². The number of carbonyl (C=O) groups is 3. The fourth-order valence-corrected chi connectivity index (χ4v) is 7.21. The molecule has 0 radical (unpaired) electrons. The monoisotopic (exact) mass is 384 g/mol. The highest BCUT2D eigenvalue weighted by atomic mass is 16.5. The molecule has 0 aromatic carbocycles. The normalized spacial score (nSPS) is 39.5. The van der Waals surface area contributed by atoms with E-state index in [2.05, 4.69) is 13.8 Å². The van der Waals surface area contributed by atoms with Gasteiger partial charge >= 0.3 is 5.97 Å². The number of allylic oxidation sites excluding steroid dienone is 4. The third kappa shape index (κ3) is 2.83. The number of carbonyl (C=O) groups excluding carboxylic acids is 3. The van der Waals surface area contributed by atoms with Crippen LogP contribution in [0.2, 0.25) is 0 Å². The molecule has 0 aliphatic heterocycles. The van der Waals surface area contributed by atoms with E-state index in [1.807, 2.05) is 12.2 Å². The maximum atomic E-state index is 13.0. The lowest BCUT2D eigenvalue weighted by atomic mass is 9.46. The summed E-state index contributed by atoms with van der Waals surface area (Å²) < 4.78 is 5.13. The Morgan fingerprint density at radius 2 is 1.93 bits per heavy atom. The average molecular weight is 385 g/mol. The standard InChI is InChI=1S/C24H32O4/c1-15-13-18(26)14-17-5-6-19-20(23(15,17)3)9-11-24(10-4-12-28-16(2)25)21(19)7-8-22(24)27/h13-14,19-21H,4-12H2,1-3H3/t19-,20+,21+,23+,24+/m1/s1. The van der Waals surface area contributed by atoms with E-state index >= 15 is 0 Å². The van der Waals surface area contributed by atoms with Gasteiger partial charge in [0.25, 0.3) is 0 Å². The fourth-order valence-electron chi connectivity index (χ4n) is 7.21. The molecule has 4 nitrogen and oxygen atoms in total. The molecule has 0 heterocycles. The smallest absolute Gasteiger partial charge is 0.302 e. The third-order valence-corrected chi connectivity index (χ3v) is 8.61. The van der Waals surface area contributed by atoms with Gasteiger partial charge in [0.1, 0.15) is 5.78 Å². The molecule has 4 heteroatoms. The van der Waals surface area contributed by atoms with Gasteiger partial charge < -0.3 is 4.74 Å². The van der Waals surface area contributed by atoms with Gasteiger partial charge in [0, 0.05) is 24.2 Å². The first-order valence-electron chi connectivity index (χ1n) is 10.9. The first kappa shape index (κ1) is 19.6. The van der Waals surface area contributed by atoms with E-state index in [1.165, 1.54) is 18.1 Å². The van der Waals surface area contributed by atoms with Crippen molar-refractivity contribution in [2.45, 2.75) is 72.1 Å². The topological polar surface area (TPSA) is 60.4 Å². The maximum Gasteiger partial charge on any atom is 0.302 e. The molecule has 0 amide bonds. The summed E-state index contributed by atoms with van der Waals surface area (Å²) in [4.78, 5) is 36.2. The van der Waals surface area contributed by atoms with Crippen molar-refractivity contribution in [3.63, 3.8) is 0 Å². The number of hydrogen-bond acceptors (Lipinski definition) is 4. The Labute approximate surface area is 167 Å². The van der Waals surface area contributed by atoms with Crippen molar-refractivity contribution in [3.05, 3.63) is 23.3 Å². The molecular weight excluding hydrogens is 352 g/mol. The van der Waals surface area contributed by atoms with E-state index in [1.54, 1.807) is 0 Å². The Bertz CT molecular complexity index is 775. The predicted molar refractivity (Wildman–Crippen MR) is 106 cm³/mol. The number of rotatable bonds is 4. The Kier molecular flexibility index (Phi) is 4.87. The van der Waals surface area contributed by atoms with Crippen LogP contribution in [0, 0.1) is 28.6 Å². The van der Waals surface area contributed by atoms with E-state index in [0.29, 0.717) is 36.6 Å². The highest BCUT2D eigenvalue weighted by Gasteiger charge is 2.60. The lowest BCUT2D eigenvalue weighted by Gasteiger charge is -2.57. The molecule has 3 fully saturated rings. The van der Waals surface area contributed by atoms with Crippen molar-refractivity contribution in [2.75, 3.05) is 6.61 Å². The molecule has 4 rings (SSSR count). The summed E-state index contributed by atoms with van der Waals surface area (Å²) in [6.07, 6.45) is 11.1. The second-order valence-electron chi connectivity index (χ2n) is 9.62. The van der Waals surface area contributed by atoms with Gasteiger partial charge in [-0.05, 0) is 81.8 Å². The minimum Gasteiger partial charge on any atom is -0.466 e. The van der Waals surface area contributed by atoms with Crippen molar-refractivity contribution in [3.8, 4) is 0 Å². The second-order valence-corrected chi connectivity index (χ2v) is 9.62. The summed E-state index contributed by atoms with van der Waals surface area (Å²) >= 11 is 0. The molecule has 3 saturated carbocycles. The molecule has 152 valence electrons. The summed E-state index contributed by atoms with van der Waals surface area (Å²) in [5, 5.41) is 0. The lowest BCUT2D eigenvalue weighted by molar-refractivity contribution is -0.141. The van der Waals surface area contributed by atoms with Gasteiger partial charge in [0.2, 0.25) is 0 Å². The Balaban J connectivity index is 1.58. The van der Waals surface area contributed by atoms with Crippen molar-refractivity contribution in [1.29, 1.82) is 0 Å². The Morgan fingerprint density at radius 3 is 2.68 bits per heavy atom. The number of hydrogen-bond donors (Lipinski definition) is 0. The highest BCUT2D eigenvalue weighted by molar-refractivity contribution is 6.02. The molecule has 0 N–H and O–H groups in total. The first-order valence-corrected chi connectivity index (χ1v) is 10.9. The Hall–Kier alpha value is -1.71. The number of Topliss-reactive ketones (excluding diaryl/α,β-unsaturated/α-hetero) is 1. The van der Waals surface area contributed by atoms with Gasteiger partial charge in [0.15, 0.2) is 5.78 Å². The molecule has 0 bridgehead atoms. The second kappa shape index (κ2) is 6.96. The van der Waals surface area contributed by atoms with E-state index in [4.69, 9.17) is 4.74 Å². The number of fused-ring (bicyclic) bond motifs is 5. The van der Waals surface area contributed by atoms with E-state index in [0.717, 1.165) is 44.9 Å². The summed E-state index contributed by atoms with van der Waals surface area (Å²) in [6.45, 7) is 6.30. The first-order chi connectivity index (χ1) is 13.3.